The molecule has 1 saturated carbocycles. The first kappa shape index (κ1) is 13.0. The Labute approximate surface area is 108 Å². The minimum absolute atomic E-state index is 0.0802. The molecule has 0 saturated heterocycles. The standard InChI is InChI=1S/C12H12N2O5/c1-6-2-3-7(4-10(6)14(18)19)13-11(15)8-5-9(8)12(16)17/h2-4,8-9H,5H2,1H3,(H,13,15)(H,16,17). The van der Waals surface area contributed by atoms with Crippen molar-refractivity contribution in [3.63, 3.8) is 0 Å². The number of hydrogen-bond acceptors (Lipinski definition) is 4. The van der Waals surface area contributed by atoms with Crippen molar-refractivity contribution < 1.29 is 19.6 Å². The number of anilines is 1. The Hall–Kier alpha value is -2.44. The molecule has 0 aromatic heterocycles. The zero-order chi connectivity index (χ0) is 14.2. The summed E-state index contributed by atoms with van der Waals surface area (Å²) < 4.78 is 0. The number of carbonyl (C=O) groups is 2. The van der Waals surface area contributed by atoms with Gasteiger partial charge in [-0.2, -0.15) is 0 Å². The number of carboxylic acid groups (broad SMARTS) is 1. The number of rotatable bonds is 4. The molecule has 2 rings (SSSR count). The van der Waals surface area contributed by atoms with Gasteiger partial charge in [-0.1, -0.05) is 6.07 Å². The van der Waals surface area contributed by atoms with Gasteiger partial charge in [-0.3, -0.25) is 19.7 Å². The summed E-state index contributed by atoms with van der Waals surface area (Å²) in [7, 11) is 0. The molecule has 1 aliphatic rings. The number of aliphatic carboxylic acids is 1. The van der Waals surface area contributed by atoms with Crippen LogP contribution in [0.1, 0.15) is 12.0 Å². The van der Waals surface area contributed by atoms with E-state index < -0.39 is 28.6 Å². The highest BCUT2D eigenvalue weighted by Crippen LogP contribution is 2.39. The third-order valence-corrected chi connectivity index (χ3v) is 3.12. The van der Waals surface area contributed by atoms with Crippen molar-refractivity contribution in [3.8, 4) is 0 Å². The Morgan fingerprint density at radius 3 is 2.63 bits per heavy atom. The van der Waals surface area contributed by atoms with Crippen molar-refractivity contribution in [2.24, 2.45) is 11.8 Å². The zero-order valence-electron chi connectivity index (χ0n) is 10.1. The molecule has 7 heteroatoms. The van der Waals surface area contributed by atoms with E-state index in [0.29, 0.717) is 17.7 Å². The van der Waals surface area contributed by atoms with Gasteiger partial charge in [0.15, 0.2) is 0 Å². The molecule has 2 N–H and O–H groups in total. The number of nitro benzene ring substituents is 1. The quantitative estimate of drug-likeness (QED) is 0.633. The van der Waals surface area contributed by atoms with Crippen LogP contribution in [0.5, 0.6) is 0 Å². The van der Waals surface area contributed by atoms with E-state index >= 15 is 0 Å². The largest absolute Gasteiger partial charge is 0.481 e. The van der Waals surface area contributed by atoms with Crippen LogP contribution in [-0.2, 0) is 9.59 Å². The fourth-order valence-corrected chi connectivity index (χ4v) is 1.88. The van der Waals surface area contributed by atoms with Crippen molar-refractivity contribution in [1.29, 1.82) is 0 Å². The van der Waals surface area contributed by atoms with E-state index in [1.807, 2.05) is 0 Å². The monoisotopic (exact) mass is 264 g/mol. The van der Waals surface area contributed by atoms with Gasteiger partial charge < -0.3 is 10.4 Å². The minimum atomic E-state index is -0.991. The molecule has 1 aromatic rings. The third kappa shape index (κ3) is 2.70. The molecule has 100 valence electrons. The number of benzene rings is 1. The molecular formula is C12H12N2O5. The van der Waals surface area contributed by atoms with Gasteiger partial charge in [0.25, 0.3) is 5.69 Å². The first-order valence-electron chi connectivity index (χ1n) is 5.69. The SMILES string of the molecule is Cc1ccc(NC(=O)C2CC2C(=O)O)cc1[N+](=O)[O-]. The molecule has 2 atom stereocenters. The molecule has 1 fully saturated rings. The van der Waals surface area contributed by atoms with Crippen LogP contribution in [0.3, 0.4) is 0 Å². The van der Waals surface area contributed by atoms with Gasteiger partial charge >= 0.3 is 5.97 Å². The maximum Gasteiger partial charge on any atom is 0.307 e. The Morgan fingerprint density at radius 1 is 1.42 bits per heavy atom. The van der Waals surface area contributed by atoms with E-state index in [1.165, 1.54) is 12.1 Å². The molecule has 0 aliphatic heterocycles. The van der Waals surface area contributed by atoms with Gasteiger partial charge in [-0.15, -0.1) is 0 Å². The highest BCUT2D eigenvalue weighted by molar-refractivity contribution is 5.98. The lowest BCUT2D eigenvalue weighted by atomic mass is 10.2. The molecule has 7 nitrogen and oxygen atoms in total. The van der Waals surface area contributed by atoms with Crippen molar-refractivity contribution >= 4 is 23.3 Å². The fraction of sp³-hybridized carbons (Fsp3) is 0.333. The van der Waals surface area contributed by atoms with Crippen LogP contribution in [-0.4, -0.2) is 21.9 Å². The second-order valence-electron chi connectivity index (χ2n) is 4.53. The number of hydrogen-bond donors (Lipinski definition) is 2. The van der Waals surface area contributed by atoms with E-state index in [1.54, 1.807) is 13.0 Å². The van der Waals surface area contributed by atoms with Crippen LogP contribution >= 0.6 is 0 Å². The van der Waals surface area contributed by atoms with Crippen LogP contribution in [0.4, 0.5) is 11.4 Å². The normalized spacial score (nSPS) is 20.7. The first-order valence-corrected chi connectivity index (χ1v) is 5.69. The molecule has 2 unspecified atom stereocenters. The number of aryl methyl sites for hydroxylation is 1. The summed E-state index contributed by atoms with van der Waals surface area (Å²) in [6, 6.07) is 4.36. The van der Waals surface area contributed by atoms with Crippen molar-refractivity contribution in [2.75, 3.05) is 5.32 Å². The van der Waals surface area contributed by atoms with Gasteiger partial charge in [0, 0.05) is 17.3 Å². The molecule has 1 aromatic carbocycles. The molecule has 0 heterocycles. The summed E-state index contributed by atoms with van der Waals surface area (Å²) >= 11 is 0. The number of nitrogens with one attached hydrogen (secondary N) is 1. The summed E-state index contributed by atoms with van der Waals surface area (Å²) in [6.45, 7) is 1.60. The number of amides is 1. The van der Waals surface area contributed by atoms with E-state index in [-0.39, 0.29) is 5.69 Å². The van der Waals surface area contributed by atoms with Crippen LogP contribution < -0.4 is 5.32 Å². The summed E-state index contributed by atoms with van der Waals surface area (Å²) in [6.07, 6.45) is 0.315. The number of carbonyl (C=O) groups excluding carboxylic acids is 1. The predicted octanol–water partition coefficient (Wildman–Crippen LogP) is 1.56. The van der Waals surface area contributed by atoms with E-state index in [4.69, 9.17) is 5.11 Å². The predicted molar refractivity (Wildman–Crippen MR) is 65.7 cm³/mol. The van der Waals surface area contributed by atoms with Crippen LogP contribution in [0.15, 0.2) is 18.2 Å². The second-order valence-corrected chi connectivity index (χ2v) is 4.53. The third-order valence-electron chi connectivity index (χ3n) is 3.12. The van der Waals surface area contributed by atoms with Crippen LogP contribution in [0, 0.1) is 28.9 Å². The number of nitro groups is 1. The molecule has 0 radical (unpaired) electrons. The minimum Gasteiger partial charge on any atom is -0.481 e. The van der Waals surface area contributed by atoms with Crippen molar-refractivity contribution in [2.45, 2.75) is 13.3 Å². The molecule has 19 heavy (non-hydrogen) atoms. The van der Waals surface area contributed by atoms with Crippen LogP contribution in [0.2, 0.25) is 0 Å². The molecule has 1 amide bonds. The summed E-state index contributed by atoms with van der Waals surface area (Å²) in [4.78, 5) is 32.6. The highest BCUT2D eigenvalue weighted by Gasteiger charge is 2.48. The van der Waals surface area contributed by atoms with Gasteiger partial charge in [0.05, 0.1) is 16.8 Å². The number of carboxylic acids is 1. The fourth-order valence-electron chi connectivity index (χ4n) is 1.88. The van der Waals surface area contributed by atoms with Crippen molar-refractivity contribution in [3.05, 3.63) is 33.9 Å². The maximum atomic E-state index is 11.7. The average molecular weight is 264 g/mol. The van der Waals surface area contributed by atoms with Crippen molar-refractivity contribution in [1.82, 2.24) is 0 Å². The van der Waals surface area contributed by atoms with E-state index in [0.717, 1.165) is 0 Å². The van der Waals surface area contributed by atoms with E-state index in [9.17, 15) is 19.7 Å². The lowest BCUT2D eigenvalue weighted by Gasteiger charge is -2.05. The van der Waals surface area contributed by atoms with Gasteiger partial charge in [0.2, 0.25) is 5.91 Å². The highest BCUT2D eigenvalue weighted by atomic mass is 16.6. The zero-order valence-corrected chi connectivity index (χ0v) is 10.1. The Bertz CT molecular complexity index is 569. The Kier molecular flexibility index (Phi) is 3.20. The van der Waals surface area contributed by atoms with E-state index in [2.05, 4.69) is 5.32 Å². The number of nitrogens with zero attached hydrogens (tertiary/aromatic N) is 1. The molecule has 0 bridgehead atoms. The van der Waals surface area contributed by atoms with Gasteiger partial charge in [0.1, 0.15) is 0 Å². The van der Waals surface area contributed by atoms with Crippen LogP contribution in [0.25, 0.3) is 0 Å². The smallest absolute Gasteiger partial charge is 0.307 e. The Balaban J connectivity index is 2.08. The summed E-state index contributed by atoms with van der Waals surface area (Å²) in [5, 5.41) is 22.0. The topological polar surface area (TPSA) is 110 Å². The summed E-state index contributed by atoms with van der Waals surface area (Å²) in [5.41, 5.74) is 0.722. The summed E-state index contributed by atoms with van der Waals surface area (Å²) in [5.74, 6) is -2.58. The van der Waals surface area contributed by atoms with Gasteiger partial charge in [-0.25, -0.2) is 0 Å². The average Bonchev–Trinajstić information content (AvgIpc) is 3.11. The second kappa shape index (κ2) is 4.68. The first-order chi connectivity index (χ1) is 8.90. The molecule has 0 spiro atoms. The maximum absolute atomic E-state index is 11.7. The Morgan fingerprint density at radius 2 is 2.11 bits per heavy atom. The molecule has 1 aliphatic carbocycles. The molecular weight excluding hydrogens is 252 g/mol. The lowest BCUT2D eigenvalue weighted by Crippen LogP contribution is -2.16. The van der Waals surface area contributed by atoms with Gasteiger partial charge in [-0.05, 0) is 19.4 Å². The lowest BCUT2D eigenvalue weighted by molar-refractivity contribution is -0.385.